The molecule has 2 N–H and O–H groups in total. The molecule has 0 amide bonds. The molecule has 1 aliphatic rings. The van der Waals surface area contributed by atoms with Crippen LogP contribution in [0.3, 0.4) is 0 Å². The summed E-state index contributed by atoms with van der Waals surface area (Å²) in [7, 11) is 0. The van der Waals surface area contributed by atoms with E-state index in [1.165, 1.54) is 5.56 Å². The highest BCUT2D eigenvalue weighted by molar-refractivity contribution is 5.79. The lowest BCUT2D eigenvalue weighted by Gasteiger charge is -2.07. The zero-order valence-corrected chi connectivity index (χ0v) is 7.86. The Morgan fingerprint density at radius 3 is 3.07 bits per heavy atom. The van der Waals surface area contributed by atoms with E-state index in [0.29, 0.717) is 0 Å². The Morgan fingerprint density at radius 1 is 1.43 bits per heavy atom. The van der Waals surface area contributed by atoms with Gasteiger partial charge in [0.25, 0.3) is 0 Å². The molecule has 1 aromatic heterocycles. The summed E-state index contributed by atoms with van der Waals surface area (Å²) in [5, 5.41) is 4.86. The van der Waals surface area contributed by atoms with E-state index in [1.807, 2.05) is 12.1 Å². The van der Waals surface area contributed by atoms with Crippen molar-refractivity contribution in [3.63, 3.8) is 0 Å². The Morgan fingerprint density at radius 2 is 2.29 bits per heavy atom. The van der Waals surface area contributed by atoms with Crippen LogP contribution in [0.1, 0.15) is 18.4 Å². The maximum atomic E-state index is 6.08. The third-order valence-electron chi connectivity index (χ3n) is 2.90. The second-order valence-electron chi connectivity index (χ2n) is 4.20. The molecule has 0 saturated heterocycles. The standard InChI is InChI=1S/C11H12N2O/c12-11(4-5-11)6-8-2-1-3-9-7-13-14-10(8)9/h1-3,7H,4-6,12H2. The van der Waals surface area contributed by atoms with E-state index in [2.05, 4.69) is 11.2 Å². The van der Waals surface area contributed by atoms with Crippen LogP contribution in [0.4, 0.5) is 0 Å². The number of aromatic nitrogens is 1. The molecule has 1 heterocycles. The summed E-state index contributed by atoms with van der Waals surface area (Å²) in [6.45, 7) is 0. The monoisotopic (exact) mass is 188 g/mol. The van der Waals surface area contributed by atoms with Gasteiger partial charge in [0, 0.05) is 16.5 Å². The Bertz CT molecular complexity index is 471. The fourth-order valence-corrected chi connectivity index (χ4v) is 1.81. The van der Waals surface area contributed by atoms with Gasteiger partial charge in [0.15, 0.2) is 5.58 Å². The highest BCUT2D eigenvalue weighted by Gasteiger charge is 2.38. The Labute approximate surface area is 81.9 Å². The average molecular weight is 188 g/mol. The SMILES string of the molecule is NC1(Cc2cccc3cnoc23)CC1. The summed E-state index contributed by atoms with van der Waals surface area (Å²) in [5.41, 5.74) is 8.18. The molecule has 1 aliphatic carbocycles. The average Bonchev–Trinajstić information content (AvgIpc) is 2.73. The molecule has 0 aliphatic heterocycles. The largest absolute Gasteiger partial charge is 0.356 e. The molecule has 1 saturated carbocycles. The van der Waals surface area contributed by atoms with Gasteiger partial charge in [-0.2, -0.15) is 0 Å². The van der Waals surface area contributed by atoms with Crippen LogP contribution < -0.4 is 5.73 Å². The molecule has 0 unspecified atom stereocenters. The summed E-state index contributed by atoms with van der Waals surface area (Å²) in [5.74, 6) is 0. The molecule has 3 heteroatoms. The predicted molar refractivity (Wildman–Crippen MR) is 53.9 cm³/mol. The van der Waals surface area contributed by atoms with Gasteiger partial charge in [0.2, 0.25) is 0 Å². The summed E-state index contributed by atoms with van der Waals surface area (Å²) in [6, 6.07) is 6.10. The van der Waals surface area contributed by atoms with E-state index >= 15 is 0 Å². The molecule has 3 nitrogen and oxygen atoms in total. The van der Waals surface area contributed by atoms with Crippen molar-refractivity contribution in [2.24, 2.45) is 5.73 Å². The van der Waals surface area contributed by atoms with Gasteiger partial charge in [-0.05, 0) is 25.3 Å². The van der Waals surface area contributed by atoms with E-state index < -0.39 is 0 Å². The third kappa shape index (κ3) is 1.21. The third-order valence-corrected chi connectivity index (χ3v) is 2.90. The van der Waals surface area contributed by atoms with Crippen molar-refractivity contribution in [3.05, 3.63) is 30.0 Å². The number of nitrogens with two attached hydrogens (primary N) is 1. The van der Waals surface area contributed by atoms with Crippen LogP contribution in [0.25, 0.3) is 11.0 Å². The van der Waals surface area contributed by atoms with Crippen molar-refractivity contribution in [2.75, 3.05) is 0 Å². The first-order valence-electron chi connectivity index (χ1n) is 4.88. The lowest BCUT2D eigenvalue weighted by molar-refractivity contribution is 0.452. The first-order chi connectivity index (χ1) is 6.77. The van der Waals surface area contributed by atoms with Crippen LogP contribution in [0.15, 0.2) is 28.9 Å². The molecular weight excluding hydrogens is 176 g/mol. The quantitative estimate of drug-likeness (QED) is 0.782. The van der Waals surface area contributed by atoms with Crippen molar-refractivity contribution in [3.8, 4) is 0 Å². The van der Waals surface area contributed by atoms with Crippen molar-refractivity contribution in [2.45, 2.75) is 24.8 Å². The Balaban J connectivity index is 2.06. The predicted octanol–water partition coefficient (Wildman–Crippen LogP) is 1.86. The highest BCUT2D eigenvalue weighted by atomic mass is 16.5. The fraction of sp³-hybridized carbons (Fsp3) is 0.364. The lowest BCUT2D eigenvalue weighted by Crippen LogP contribution is -2.24. The molecule has 2 aromatic rings. The number of nitrogens with zero attached hydrogens (tertiary/aromatic N) is 1. The zero-order valence-electron chi connectivity index (χ0n) is 7.86. The minimum atomic E-state index is 0.0288. The van der Waals surface area contributed by atoms with Crippen LogP contribution in [0, 0.1) is 0 Å². The van der Waals surface area contributed by atoms with Gasteiger partial charge < -0.3 is 10.3 Å². The van der Waals surface area contributed by atoms with Gasteiger partial charge >= 0.3 is 0 Å². The van der Waals surface area contributed by atoms with Crippen LogP contribution in [0.2, 0.25) is 0 Å². The fourth-order valence-electron chi connectivity index (χ4n) is 1.81. The first-order valence-corrected chi connectivity index (χ1v) is 4.88. The second-order valence-corrected chi connectivity index (χ2v) is 4.20. The topological polar surface area (TPSA) is 52.0 Å². The van der Waals surface area contributed by atoms with Crippen molar-refractivity contribution >= 4 is 11.0 Å². The van der Waals surface area contributed by atoms with Crippen molar-refractivity contribution in [1.29, 1.82) is 0 Å². The molecule has 0 radical (unpaired) electrons. The van der Waals surface area contributed by atoms with Crippen LogP contribution in [0.5, 0.6) is 0 Å². The summed E-state index contributed by atoms with van der Waals surface area (Å²) < 4.78 is 5.22. The van der Waals surface area contributed by atoms with Gasteiger partial charge in [0.1, 0.15) is 0 Å². The summed E-state index contributed by atoms with van der Waals surface area (Å²) >= 11 is 0. The van der Waals surface area contributed by atoms with Crippen molar-refractivity contribution in [1.82, 2.24) is 5.16 Å². The van der Waals surface area contributed by atoms with Crippen LogP contribution in [-0.2, 0) is 6.42 Å². The van der Waals surface area contributed by atoms with Gasteiger partial charge in [-0.3, -0.25) is 0 Å². The number of benzene rings is 1. The maximum absolute atomic E-state index is 6.08. The Hall–Kier alpha value is -1.35. The summed E-state index contributed by atoms with van der Waals surface area (Å²) in [4.78, 5) is 0. The first kappa shape index (κ1) is 8.00. The summed E-state index contributed by atoms with van der Waals surface area (Å²) in [6.07, 6.45) is 4.89. The molecule has 0 spiro atoms. The van der Waals surface area contributed by atoms with E-state index in [0.717, 1.165) is 30.2 Å². The van der Waals surface area contributed by atoms with E-state index in [1.54, 1.807) is 6.20 Å². The van der Waals surface area contributed by atoms with E-state index in [9.17, 15) is 0 Å². The van der Waals surface area contributed by atoms with Gasteiger partial charge in [-0.25, -0.2) is 0 Å². The van der Waals surface area contributed by atoms with Gasteiger partial charge in [-0.15, -0.1) is 0 Å². The molecule has 3 rings (SSSR count). The second kappa shape index (κ2) is 2.58. The smallest absolute Gasteiger partial charge is 0.170 e. The highest BCUT2D eigenvalue weighted by Crippen LogP contribution is 2.37. The van der Waals surface area contributed by atoms with Crippen LogP contribution in [-0.4, -0.2) is 10.7 Å². The number of hydrogen-bond acceptors (Lipinski definition) is 3. The normalized spacial score (nSPS) is 18.6. The number of fused-ring (bicyclic) bond motifs is 1. The molecule has 14 heavy (non-hydrogen) atoms. The molecular formula is C11H12N2O. The van der Waals surface area contributed by atoms with Crippen LogP contribution >= 0.6 is 0 Å². The maximum Gasteiger partial charge on any atom is 0.170 e. The molecule has 0 atom stereocenters. The minimum absolute atomic E-state index is 0.0288. The lowest BCUT2D eigenvalue weighted by atomic mass is 10.0. The molecule has 0 bridgehead atoms. The van der Waals surface area contributed by atoms with Gasteiger partial charge in [0.05, 0.1) is 6.20 Å². The Kier molecular flexibility index (Phi) is 1.47. The minimum Gasteiger partial charge on any atom is -0.356 e. The molecule has 72 valence electrons. The van der Waals surface area contributed by atoms with Crippen molar-refractivity contribution < 1.29 is 4.52 Å². The molecule has 1 fully saturated rings. The van der Waals surface area contributed by atoms with E-state index in [-0.39, 0.29) is 5.54 Å². The number of rotatable bonds is 2. The number of hydrogen-bond donors (Lipinski definition) is 1. The number of para-hydroxylation sites is 1. The molecule has 1 aromatic carbocycles. The zero-order chi connectivity index (χ0) is 9.60. The van der Waals surface area contributed by atoms with E-state index in [4.69, 9.17) is 10.3 Å². The van der Waals surface area contributed by atoms with Gasteiger partial charge in [-0.1, -0.05) is 17.3 Å².